The molecule has 0 radical (unpaired) electrons. The summed E-state index contributed by atoms with van der Waals surface area (Å²) in [6.45, 7) is 7.69. The van der Waals surface area contributed by atoms with Gasteiger partial charge in [0, 0.05) is 46.4 Å². The number of rotatable bonds is 8. The van der Waals surface area contributed by atoms with E-state index in [0.29, 0.717) is 58.9 Å². The number of hydrogen-bond acceptors (Lipinski definition) is 8. The van der Waals surface area contributed by atoms with Gasteiger partial charge < -0.3 is 39.5 Å². The number of aliphatic hydroxyl groups is 2. The minimum absolute atomic E-state index is 0.0959. The topological polar surface area (TPSA) is 138 Å². The monoisotopic (exact) mass is 807 g/mol. The maximum Gasteiger partial charge on any atom is 0.259 e. The van der Waals surface area contributed by atoms with E-state index in [2.05, 4.69) is 5.32 Å². The molecule has 4 aliphatic rings. The van der Waals surface area contributed by atoms with Gasteiger partial charge in [-0.05, 0) is 113 Å². The van der Waals surface area contributed by atoms with Crippen LogP contribution >= 0.6 is 0 Å². The fourth-order valence-corrected chi connectivity index (χ4v) is 9.08. The number of benzene rings is 5. The van der Waals surface area contributed by atoms with Gasteiger partial charge in [0.2, 0.25) is 5.91 Å². The normalized spacial score (nSPS) is 20.2. The van der Waals surface area contributed by atoms with Gasteiger partial charge in [0.05, 0.1) is 31.4 Å². The summed E-state index contributed by atoms with van der Waals surface area (Å²) in [4.78, 5) is 44.7. The summed E-state index contributed by atoms with van der Waals surface area (Å²) >= 11 is 0. The predicted molar refractivity (Wildman–Crippen MR) is 228 cm³/mol. The van der Waals surface area contributed by atoms with Crippen molar-refractivity contribution in [1.82, 2.24) is 0 Å². The van der Waals surface area contributed by atoms with Gasteiger partial charge in [-0.15, -0.1) is 0 Å². The van der Waals surface area contributed by atoms with Gasteiger partial charge in [0.1, 0.15) is 19.0 Å². The molecule has 4 atom stereocenters. The van der Waals surface area contributed by atoms with Crippen molar-refractivity contribution >= 4 is 34.8 Å². The first-order valence-electron chi connectivity index (χ1n) is 20.5. The van der Waals surface area contributed by atoms with Gasteiger partial charge >= 0.3 is 0 Å². The fraction of sp³-hybridized carbons (Fsp3) is 0.327. The van der Waals surface area contributed by atoms with Gasteiger partial charge in [-0.1, -0.05) is 57.2 Å². The lowest BCUT2D eigenvalue weighted by Gasteiger charge is -2.26. The van der Waals surface area contributed by atoms with Crippen LogP contribution in [0.15, 0.2) is 91.0 Å². The van der Waals surface area contributed by atoms with E-state index < -0.39 is 17.6 Å². The van der Waals surface area contributed by atoms with Crippen molar-refractivity contribution in [1.29, 1.82) is 0 Å². The fourth-order valence-electron chi connectivity index (χ4n) is 9.08. The number of hydrogen-bond donors (Lipinski definition) is 3. The molecule has 0 bridgehead atoms. The maximum absolute atomic E-state index is 14.0. The SMILES string of the molecule is COc1cc2c(cc1OCc1cc(COc3cc4c(cc3C)C(=O)N3c5ccccc5C[C@H]3C(O)C4)cc(NC(=O)C(C)(C)C)c1)CC(O)[C@@H]1Cc3ccccc3N1C2=O. The Morgan fingerprint density at radius 3 is 1.70 bits per heavy atom. The molecule has 3 N–H and O–H groups in total. The maximum atomic E-state index is 14.0. The highest BCUT2D eigenvalue weighted by Gasteiger charge is 2.43. The lowest BCUT2D eigenvalue weighted by molar-refractivity contribution is -0.123. The van der Waals surface area contributed by atoms with Crippen molar-refractivity contribution in [3.05, 3.63) is 141 Å². The van der Waals surface area contributed by atoms with Crippen molar-refractivity contribution in [2.75, 3.05) is 22.2 Å². The molecule has 5 aromatic carbocycles. The number of methoxy groups -OCH3 is 1. The average molecular weight is 808 g/mol. The Balaban J connectivity index is 0.973. The van der Waals surface area contributed by atoms with Crippen LogP contribution in [-0.2, 0) is 43.7 Å². The van der Waals surface area contributed by atoms with E-state index in [1.807, 2.05) is 107 Å². The van der Waals surface area contributed by atoms with Crippen LogP contribution < -0.4 is 29.3 Å². The molecule has 60 heavy (non-hydrogen) atoms. The van der Waals surface area contributed by atoms with Crippen LogP contribution in [0.25, 0.3) is 0 Å². The molecule has 2 unspecified atom stereocenters. The summed E-state index contributed by atoms with van der Waals surface area (Å²) in [5, 5.41) is 25.8. The van der Waals surface area contributed by atoms with Crippen molar-refractivity contribution in [3.8, 4) is 17.2 Å². The van der Waals surface area contributed by atoms with Crippen molar-refractivity contribution in [2.45, 2.75) is 90.9 Å². The summed E-state index contributed by atoms with van der Waals surface area (Å²) in [5.41, 5.74) is 8.41. The lowest BCUT2D eigenvalue weighted by Crippen LogP contribution is -2.43. The van der Waals surface area contributed by atoms with Crippen LogP contribution in [0.4, 0.5) is 17.1 Å². The zero-order valence-electron chi connectivity index (χ0n) is 34.5. The van der Waals surface area contributed by atoms with E-state index in [1.165, 1.54) is 7.11 Å². The van der Waals surface area contributed by atoms with Gasteiger partial charge in [0.25, 0.3) is 11.8 Å². The van der Waals surface area contributed by atoms with Crippen LogP contribution in [0.5, 0.6) is 17.2 Å². The third kappa shape index (κ3) is 7.05. The Hall–Kier alpha value is -6.17. The molecular formula is C49H49N3O8. The second kappa shape index (κ2) is 15.1. The number of amides is 3. The number of anilines is 3. The van der Waals surface area contributed by atoms with Gasteiger partial charge in [0.15, 0.2) is 11.5 Å². The summed E-state index contributed by atoms with van der Waals surface area (Å²) in [6, 6.07) is 27.7. The zero-order chi connectivity index (χ0) is 42.0. The first-order chi connectivity index (χ1) is 28.8. The molecule has 5 aromatic rings. The van der Waals surface area contributed by atoms with Gasteiger partial charge in [-0.2, -0.15) is 0 Å². The number of aliphatic hydroxyl groups excluding tert-OH is 2. The van der Waals surface area contributed by atoms with Gasteiger partial charge in [-0.3, -0.25) is 14.4 Å². The van der Waals surface area contributed by atoms with Crippen LogP contribution in [0, 0.1) is 12.3 Å². The second-order valence-electron chi connectivity index (χ2n) is 17.4. The van der Waals surface area contributed by atoms with Crippen LogP contribution in [0.1, 0.15) is 80.4 Å². The zero-order valence-corrected chi connectivity index (χ0v) is 34.5. The smallest absolute Gasteiger partial charge is 0.259 e. The standard InChI is InChI=1S/C49H49N3O8/c1-27-14-35-32(20-41(53)39-18-30-10-6-8-12-37(30)51(39)46(35)55)22-43(27)59-25-28-15-29(17-34(16-28)50-48(57)49(2,3)4)26-60-45-23-33-21-42(54)40-19-31-11-7-9-13-38(31)52(40)47(56)36(33)24-44(45)58-5/h6-17,22-24,39-42,53-54H,18-21,25-26H2,1-5H3,(H,50,57)/t39-,40-,41?,42?/m0/s1. The summed E-state index contributed by atoms with van der Waals surface area (Å²) in [5.74, 6) is 0.926. The summed E-state index contributed by atoms with van der Waals surface area (Å²) in [7, 11) is 1.53. The molecule has 0 spiro atoms. The van der Waals surface area contributed by atoms with E-state index >= 15 is 0 Å². The average Bonchev–Trinajstić information content (AvgIpc) is 3.77. The van der Waals surface area contributed by atoms with E-state index in [4.69, 9.17) is 14.2 Å². The molecule has 308 valence electrons. The van der Waals surface area contributed by atoms with E-state index in [9.17, 15) is 24.6 Å². The van der Waals surface area contributed by atoms with Crippen molar-refractivity contribution in [2.24, 2.45) is 5.41 Å². The second-order valence-corrected chi connectivity index (χ2v) is 17.4. The molecule has 11 heteroatoms. The van der Waals surface area contributed by atoms with Gasteiger partial charge in [-0.25, -0.2) is 0 Å². The minimum Gasteiger partial charge on any atom is -0.493 e. The Morgan fingerprint density at radius 2 is 1.17 bits per heavy atom. The number of nitrogens with one attached hydrogen (secondary N) is 1. The molecule has 0 saturated heterocycles. The van der Waals surface area contributed by atoms with Crippen molar-refractivity contribution in [3.63, 3.8) is 0 Å². The number of para-hydroxylation sites is 2. The molecule has 0 aromatic heterocycles. The van der Waals surface area contributed by atoms with Crippen LogP contribution in [0.3, 0.4) is 0 Å². The molecule has 0 aliphatic carbocycles. The van der Waals surface area contributed by atoms with E-state index in [0.717, 1.165) is 44.8 Å². The highest BCUT2D eigenvalue weighted by molar-refractivity contribution is 6.10. The largest absolute Gasteiger partial charge is 0.493 e. The predicted octanol–water partition coefficient (Wildman–Crippen LogP) is 7.12. The number of nitrogens with zero attached hydrogens (tertiary/aromatic N) is 2. The molecular weight excluding hydrogens is 759 g/mol. The third-order valence-electron chi connectivity index (χ3n) is 12.2. The van der Waals surface area contributed by atoms with Crippen LogP contribution in [-0.4, -0.2) is 59.3 Å². The summed E-state index contributed by atoms with van der Waals surface area (Å²) < 4.78 is 18.6. The van der Waals surface area contributed by atoms with Crippen LogP contribution in [0.2, 0.25) is 0 Å². The molecule has 11 nitrogen and oxygen atoms in total. The minimum atomic E-state index is -0.779. The molecule has 4 heterocycles. The van der Waals surface area contributed by atoms with E-state index in [-0.39, 0.29) is 49.4 Å². The number of fused-ring (bicyclic) bond motifs is 8. The highest BCUT2D eigenvalue weighted by Crippen LogP contribution is 2.42. The number of ether oxygens (including phenoxy) is 3. The van der Waals surface area contributed by atoms with Crippen molar-refractivity contribution < 1.29 is 38.8 Å². The Bertz CT molecular complexity index is 2560. The van der Waals surface area contributed by atoms with E-state index in [1.54, 1.807) is 21.9 Å². The number of carbonyl (C=O) groups is 3. The Labute approximate surface area is 349 Å². The lowest BCUT2D eigenvalue weighted by atomic mass is 9.95. The highest BCUT2D eigenvalue weighted by atomic mass is 16.5. The first-order valence-corrected chi connectivity index (χ1v) is 20.5. The number of aryl methyl sites for hydroxylation is 1. The molecule has 0 saturated carbocycles. The Kier molecular flexibility index (Phi) is 9.91. The first kappa shape index (κ1) is 39.3. The molecule has 9 rings (SSSR count). The summed E-state index contributed by atoms with van der Waals surface area (Å²) in [6.07, 6.45) is 0.239. The number of carbonyl (C=O) groups excluding carboxylic acids is 3. The molecule has 0 fully saturated rings. The quantitative estimate of drug-likeness (QED) is 0.151. The molecule has 3 amide bonds. The molecule has 4 aliphatic heterocycles. The Morgan fingerprint density at radius 1 is 0.667 bits per heavy atom. The third-order valence-corrected chi connectivity index (χ3v) is 12.2.